The van der Waals surface area contributed by atoms with Crippen molar-refractivity contribution in [2.45, 2.75) is 129 Å². The van der Waals surface area contributed by atoms with Crippen molar-refractivity contribution >= 4 is 46.5 Å². The number of hydrogen-bond acceptors (Lipinski definition) is 13. The lowest BCUT2D eigenvalue weighted by molar-refractivity contribution is -0.296. The van der Waals surface area contributed by atoms with Crippen LogP contribution in [0.25, 0.3) is 0 Å². The number of halogens is 1. The Morgan fingerprint density at radius 1 is 1.08 bits per heavy atom. The highest BCUT2D eigenvalue weighted by atomic mass is 32.1. The molecule has 63 heavy (non-hydrogen) atoms. The molecule has 3 fully saturated rings. The fourth-order valence-electron chi connectivity index (χ4n) is 10.1. The van der Waals surface area contributed by atoms with Gasteiger partial charge in [0.25, 0.3) is 5.91 Å². The second kappa shape index (κ2) is 19.5. The summed E-state index contributed by atoms with van der Waals surface area (Å²) in [5.41, 5.74) is -1.34. The Labute approximate surface area is 374 Å². The van der Waals surface area contributed by atoms with E-state index in [-0.39, 0.29) is 42.9 Å². The predicted octanol–water partition coefficient (Wildman–Crippen LogP) is 5.97. The molecule has 13 atom stereocenters. The maximum atomic E-state index is 14.6. The van der Waals surface area contributed by atoms with Crippen molar-refractivity contribution in [2.24, 2.45) is 28.7 Å². The molecule has 1 aromatic carbocycles. The topological polar surface area (TPSA) is 157 Å². The zero-order chi connectivity index (χ0) is 46.1. The van der Waals surface area contributed by atoms with Crippen LogP contribution >= 0.6 is 11.3 Å². The first-order chi connectivity index (χ1) is 29.7. The highest BCUT2D eigenvalue weighted by Crippen LogP contribution is 2.44. The Balaban J connectivity index is 1.38. The molecule has 344 valence electrons. The van der Waals surface area contributed by atoms with E-state index < -0.39 is 77.3 Å². The molecule has 16 heteroatoms. The van der Waals surface area contributed by atoms with Gasteiger partial charge >= 0.3 is 12.1 Å². The molecular weight excluding hydrogens is 832 g/mol. The van der Waals surface area contributed by atoms with Crippen LogP contribution in [-0.4, -0.2) is 139 Å². The Hall–Kier alpha value is -4.24. The number of carbonyl (C=O) groups is 4. The smallest absolute Gasteiger partial charge is 0.410 e. The zero-order valence-corrected chi connectivity index (χ0v) is 39.1. The molecule has 3 saturated heterocycles. The molecule has 14 nitrogen and oxygen atoms in total. The van der Waals surface area contributed by atoms with Gasteiger partial charge in [-0.1, -0.05) is 45.6 Å². The number of ketones is 1. The lowest BCUT2D eigenvalue weighted by Crippen LogP contribution is -2.60. The second-order valence-corrected chi connectivity index (χ2v) is 19.3. The number of aliphatic imine (C=N–C) groups is 1. The van der Waals surface area contributed by atoms with Crippen molar-refractivity contribution in [2.75, 3.05) is 45.7 Å². The molecule has 0 unspecified atom stereocenters. The number of amides is 2. The van der Waals surface area contributed by atoms with Gasteiger partial charge < -0.3 is 38.6 Å². The number of likely N-dealkylation sites (N-methyl/N-ethyl adjacent to an activating group) is 1. The Bertz CT molecular complexity index is 2120. The summed E-state index contributed by atoms with van der Waals surface area (Å²) in [6.45, 7) is 15.1. The molecule has 2 aromatic rings. The number of ether oxygens (including phenoxy) is 5. The number of thiophene rings is 1. The molecule has 2 amide bonds. The second-order valence-electron chi connectivity index (χ2n) is 18.2. The quantitative estimate of drug-likeness (QED) is 0.189. The molecule has 0 spiro atoms. The zero-order valence-electron chi connectivity index (χ0n) is 38.3. The molecule has 4 aliphatic heterocycles. The van der Waals surface area contributed by atoms with E-state index in [2.05, 4.69) is 11.8 Å². The minimum Gasteiger partial charge on any atom is -0.458 e. The number of aliphatic hydroxyl groups is 1. The first-order valence-corrected chi connectivity index (χ1v) is 22.7. The SMILES string of the molecule is CC[C@@H]1OC(=O)[C@H](C)C(=O)[C@H](C)[C@@H](O[C@@H]2O[C@H](C)C[C@H](N(C)C)[C@H]2O)[C@@](C)(OCC#Cc2ccc(C(=O)N(C)c3cccc(F)c3)s2)C[C@@H](C)C2=NCCN3C(=O)O[C@@]1(C)[C@H]3[C@@H]2C. The summed E-state index contributed by atoms with van der Waals surface area (Å²) in [4.78, 5) is 66.5. The monoisotopic (exact) mass is 894 g/mol. The molecule has 6 rings (SSSR count). The number of cyclic esters (lactones) is 1. The number of nitrogens with zero attached hydrogens (tertiary/aromatic N) is 4. The summed E-state index contributed by atoms with van der Waals surface area (Å²) < 4.78 is 46.1. The van der Waals surface area contributed by atoms with Gasteiger partial charge in [0.05, 0.1) is 40.1 Å². The van der Waals surface area contributed by atoms with E-state index in [0.717, 1.165) is 5.71 Å². The number of anilines is 1. The van der Waals surface area contributed by atoms with Crippen molar-refractivity contribution in [3.63, 3.8) is 0 Å². The Morgan fingerprint density at radius 2 is 1.81 bits per heavy atom. The summed E-state index contributed by atoms with van der Waals surface area (Å²) in [7, 11) is 5.33. The number of Topliss-reactive ketones (excluding diaryl/α,β-unsaturated/α-hetero) is 1. The van der Waals surface area contributed by atoms with Crippen LogP contribution in [0.3, 0.4) is 0 Å². The highest BCUT2D eigenvalue weighted by molar-refractivity contribution is 7.14. The summed E-state index contributed by atoms with van der Waals surface area (Å²) >= 11 is 1.19. The summed E-state index contributed by atoms with van der Waals surface area (Å²) in [5, 5.41) is 11.7. The molecule has 5 heterocycles. The third kappa shape index (κ3) is 9.89. The number of carbonyl (C=O) groups excluding carboxylic acids is 4. The van der Waals surface area contributed by atoms with Crippen LogP contribution in [0, 0.1) is 41.3 Å². The van der Waals surface area contributed by atoms with E-state index in [0.29, 0.717) is 41.4 Å². The summed E-state index contributed by atoms with van der Waals surface area (Å²) in [6, 6.07) is 8.35. The van der Waals surface area contributed by atoms with E-state index in [9.17, 15) is 28.7 Å². The van der Waals surface area contributed by atoms with Crippen molar-refractivity contribution in [3.8, 4) is 11.8 Å². The third-order valence-electron chi connectivity index (χ3n) is 13.4. The lowest BCUT2D eigenvalue weighted by atomic mass is 9.73. The number of hydrogen-bond donors (Lipinski definition) is 1. The van der Waals surface area contributed by atoms with Crippen molar-refractivity contribution < 1.29 is 52.4 Å². The first-order valence-electron chi connectivity index (χ1n) is 21.9. The number of esters is 1. The standard InChI is InChI=1S/C47H63FN4O10S/c1-12-36-47(8)40-28(4)37(49-20-21-52(40)45(57)62-47)26(2)25-46(7,58-22-14-17-33-18-19-35(63-33)42(55)51(11)32-16-13-15-31(48)24-32)41(29(5)38(53)30(6)43(56)60-36)61-44-39(54)34(50(9)10)23-27(3)59-44/h13,15-16,18-19,24,26-30,34,36,39-41,44,54H,12,20-23,25H2,1-11H3/t26-,27-,28-,29+,30-,34+,36+,39-,40-,41-,44+,46+,47-/m1/s1. The minimum absolute atomic E-state index is 0.131. The van der Waals surface area contributed by atoms with Gasteiger partial charge in [0, 0.05) is 42.9 Å². The van der Waals surface area contributed by atoms with Gasteiger partial charge in [0.1, 0.15) is 30.5 Å². The summed E-state index contributed by atoms with van der Waals surface area (Å²) in [5.74, 6) is 1.32. The lowest BCUT2D eigenvalue weighted by Gasteiger charge is -2.47. The van der Waals surface area contributed by atoms with E-state index in [1.807, 2.05) is 53.6 Å². The van der Waals surface area contributed by atoms with Gasteiger partial charge in [-0.2, -0.15) is 0 Å². The van der Waals surface area contributed by atoms with Gasteiger partial charge in [-0.15, -0.1) is 11.3 Å². The average Bonchev–Trinajstić information content (AvgIpc) is 3.76. The van der Waals surface area contributed by atoms with Gasteiger partial charge in [0.15, 0.2) is 17.7 Å². The number of benzene rings is 1. The fourth-order valence-corrected chi connectivity index (χ4v) is 10.9. The van der Waals surface area contributed by atoms with Crippen LogP contribution in [0.5, 0.6) is 0 Å². The third-order valence-corrected chi connectivity index (χ3v) is 14.4. The molecule has 1 N–H and O–H groups in total. The highest BCUT2D eigenvalue weighted by Gasteiger charge is 2.60. The van der Waals surface area contributed by atoms with Crippen LogP contribution in [0.2, 0.25) is 0 Å². The van der Waals surface area contributed by atoms with Crippen molar-refractivity contribution in [1.29, 1.82) is 0 Å². The normalized spacial score (nSPS) is 35.1. The molecule has 4 aliphatic rings. The minimum atomic E-state index is -1.33. The van der Waals surface area contributed by atoms with Crippen molar-refractivity contribution in [3.05, 3.63) is 52.0 Å². The van der Waals surface area contributed by atoms with E-state index >= 15 is 0 Å². The summed E-state index contributed by atoms with van der Waals surface area (Å²) in [6.07, 6.45) is -3.85. The molecule has 0 saturated carbocycles. The van der Waals surface area contributed by atoms with Gasteiger partial charge in [-0.05, 0) is 97.3 Å². The number of rotatable bonds is 8. The molecule has 2 bridgehead atoms. The molecule has 0 aliphatic carbocycles. The van der Waals surface area contributed by atoms with E-state index in [4.69, 9.17) is 28.7 Å². The largest absolute Gasteiger partial charge is 0.458 e. The van der Waals surface area contributed by atoms with Gasteiger partial charge in [0.2, 0.25) is 0 Å². The van der Waals surface area contributed by atoms with E-state index in [1.165, 1.54) is 35.3 Å². The maximum Gasteiger partial charge on any atom is 0.410 e. The number of aliphatic hydroxyl groups excluding tert-OH is 1. The molecular formula is C47H63FN4O10S. The van der Waals surface area contributed by atoms with Crippen LogP contribution in [0.15, 0.2) is 41.4 Å². The van der Waals surface area contributed by atoms with Crippen LogP contribution < -0.4 is 4.90 Å². The molecule has 1 aromatic heterocycles. The predicted molar refractivity (Wildman–Crippen MR) is 236 cm³/mol. The Morgan fingerprint density at radius 3 is 2.49 bits per heavy atom. The van der Waals surface area contributed by atoms with Gasteiger partial charge in [-0.25, -0.2) is 9.18 Å². The van der Waals surface area contributed by atoms with Crippen LogP contribution in [0.1, 0.15) is 89.2 Å². The first kappa shape index (κ1) is 48.2. The fraction of sp³-hybridized carbons (Fsp3) is 0.638. The van der Waals surface area contributed by atoms with Crippen molar-refractivity contribution in [1.82, 2.24) is 9.80 Å². The van der Waals surface area contributed by atoms with Gasteiger partial charge in [-0.3, -0.25) is 24.3 Å². The van der Waals surface area contributed by atoms with Crippen LogP contribution in [-0.2, 0) is 33.3 Å². The Kier molecular flexibility index (Phi) is 14.9. The molecule has 0 radical (unpaired) electrons. The van der Waals surface area contributed by atoms with Crippen LogP contribution in [0.4, 0.5) is 14.9 Å². The average molecular weight is 895 g/mol. The number of fused-ring (bicyclic) bond motifs is 1. The van der Waals surface area contributed by atoms with E-state index in [1.54, 1.807) is 50.1 Å². The maximum absolute atomic E-state index is 14.6.